The van der Waals surface area contributed by atoms with Gasteiger partial charge in [-0.05, 0) is 27.2 Å². The van der Waals surface area contributed by atoms with Crippen molar-refractivity contribution in [3.8, 4) is 0 Å². The molecule has 86 valence electrons. The van der Waals surface area contributed by atoms with Gasteiger partial charge in [-0.1, -0.05) is 0 Å². The van der Waals surface area contributed by atoms with E-state index < -0.39 is 0 Å². The standard InChI is InChI=1S/C11H19NO3/c1-8(13)4-5-10(14)12-11(3)6-7-15-9(11)2/h9H,4-7H2,1-3H3,(H,12,14). The van der Waals surface area contributed by atoms with Gasteiger partial charge >= 0.3 is 0 Å². The van der Waals surface area contributed by atoms with Crippen LogP contribution in [0, 0.1) is 0 Å². The van der Waals surface area contributed by atoms with E-state index >= 15 is 0 Å². The molecule has 2 atom stereocenters. The number of rotatable bonds is 4. The number of Topliss-reactive ketones (excluding diaryl/α,β-unsaturated/α-hetero) is 1. The van der Waals surface area contributed by atoms with Crippen LogP contribution < -0.4 is 5.32 Å². The van der Waals surface area contributed by atoms with Gasteiger partial charge in [0.1, 0.15) is 5.78 Å². The Labute approximate surface area is 90.4 Å². The fourth-order valence-corrected chi connectivity index (χ4v) is 1.67. The molecule has 1 aliphatic rings. The van der Waals surface area contributed by atoms with E-state index in [2.05, 4.69) is 5.32 Å². The summed E-state index contributed by atoms with van der Waals surface area (Å²) in [5.41, 5.74) is -0.270. The molecule has 0 saturated carbocycles. The van der Waals surface area contributed by atoms with Crippen molar-refractivity contribution in [1.82, 2.24) is 5.32 Å². The molecular formula is C11H19NO3. The van der Waals surface area contributed by atoms with Crippen molar-refractivity contribution in [2.45, 2.75) is 51.7 Å². The molecule has 0 aliphatic carbocycles. The maximum absolute atomic E-state index is 11.5. The van der Waals surface area contributed by atoms with E-state index in [-0.39, 0.29) is 29.8 Å². The number of ether oxygens (including phenoxy) is 1. The summed E-state index contributed by atoms with van der Waals surface area (Å²) in [6.07, 6.45) is 1.47. The van der Waals surface area contributed by atoms with E-state index in [9.17, 15) is 9.59 Å². The average Bonchev–Trinajstić information content (AvgIpc) is 2.44. The molecular weight excluding hydrogens is 194 g/mol. The fourth-order valence-electron chi connectivity index (χ4n) is 1.67. The molecule has 0 spiro atoms. The summed E-state index contributed by atoms with van der Waals surface area (Å²) < 4.78 is 5.41. The summed E-state index contributed by atoms with van der Waals surface area (Å²) in [4.78, 5) is 22.3. The van der Waals surface area contributed by atoms with Gasteiger partial charge in [-0.15, -0.1) is 0 Å². The molecule has 0 aromatic heterocycles. The molecule has 1 heterocycles. The first-order valence-corrected chi connectivity index (χ1v) is 5.36. The van der Waals surface area contributed by atoms with Gasteiger partial charge in [0.2, 0.25) is 5.91 Å². The van der Waals surface area contributed by atoms with E-state index in [1.807, 2.05) is 13.8 Å². The minimum atomic E-state index is -0.270. The Morgan fingerprint density at radius 3 is 2.60 bits per heavy atom. The van der Waals surface area contributed by atoms with E-state index in [0.29, 0.717) is 13.0 Å². The van der Waals surface area contributed by atoms with Crippen LogP contribution in [0.5, 0.6) is 0 Å². The Balaban J connectivity index is 2.40. The van der Waals surface area contributed by atoms with Gasteiger partial charge in [0.05, 0.1) is 11.6 Å². The van der Waals surface area contributed by atoms with Gasteiger partial charge in [0, 0.05) is 19.4 Å². The molecule has 4 nitrogen and oxygen atoms in total. The van der Waals surface area contributed by atoms with Crippen molar-refractivity contribution >= 4 is 11.7 Å². The Hall–Kier alpha value is -0.900. The Morgan fingerprint density at radius 1 is 1.47 bits per heavy atom. The van der Waals surface area contributed by atoms with E-state index in [1.54, 1.807) is 0 Å². The second-order valence-electron chi connectivity index (χ2n) is 4.43. The van der Waals surface area contributed by atoms with E-state index in [4.69, 9.17) is 4.74 Å². The van der Waals surface area contributed by atoms with Gasteiger partial charge in [-0.3, -0.25) is 4.79 Å². The van der Waals surface area contributed by atoms with Crippen LogP contribution in [0.4, 0.5) is 0 Å². The smallest absolute Gasteiger partial charge is 0.220 e. The van der Waals surface area contributed by atoms with Crippen LogP contribution in [0.3, 0.4) is 0 Å². The normalized spacial score (nSPS) is 30.2. The zero-order valence-electron chi connectivity index (χ0n) is 9.63. The lowest BCUT2D eigenvalue weighted by atomic mass is 9.94. The third-order valence-corrected chi connectivity index (χ3v) is 3.02. The second kappa shape index (κ2) is 4.75. The second-order valence-corrected chi connectivity index (χ2v) is 4.43. The van der Waals surface area contributed by atoms with Crippen LogP contribution in [0.15, 0.2) is 0 Å². The van der Waals surface area contributed by atoms with Gasteiger partial charge < -0.3 is 14.8 Å². The van der Waals surface area contributed by atoms with Crippen LogP contribution in [0.2, 0.25) is 0 Å². The van der Waals surface area contributed by atoms with Gasteiger partial charge in [-0.25, -0.2) is 0 Å². The molecule has 15 heavy (non-hydrogen) atoms. The highest BCUT2D eigenvalue weighted by Crippen LogP contribution is 2.25. The molecule has 1 N–H and O–H groups in total. The number of hydrogen-bond donors (Lipinski definition) is 1. The maximum atomic E-state index is 11.5. The van der Waals surface area contributed by atoms with Crippen LogP contribution in [0.25, 0.3) is 0 Å². The quantitative estimate of drug-likeness (QED) is 0.759. The molecule has 1 rings (SSSR count). The third-order valence-electron chi connectivity index (χ3n) is 3.02. The summed E-state index contributed by atoms with van der Waals surface area (Å²) in [5, 5.41) is 2.94. The predicted molar refractivity (Wildman–Crippen MR) is 56.5 cm³/mol. The molecule has 1 amide bonds. The summed E-state index contributed by atoms with van der Waals surface area (Å²) in [6.45, 7) is 6.12. The predicted octanol–water partition coefficient (Wildman–Crippen LogP) is 1.04. The lowest BCUT2D eigenvalue weighted by Crippen LogP contribution is -2.50. The summed E-state index contributed by atoms with van der Waals surface area (Å²) in [5.74, 6) is -0.0175. The largest absolute Gasteiger partial charge is 0.376 e. The van der Waals surface area contributed by atoms with E-state index in [0.717, 1.165) is 6.42 Å². The van der Waals surface area contributed by atoms with Crippen molar-refractivity contribution in [3.63, 3.8) is 0 Å². The zero-order chi connectivity index (χ0) is 11.5. The highest BCUT2D eigenvalue weighted by molar-refractivity contribution is 5.83. The Morgan fingerprint density at radius 2 is 2.13 bits per heavy atom. The molecule has 4 heteroatoms. The number of carbonyl (C=O) groups is 2. The average molecular weight is 213 g/mol. The van der Waals surface area contributed by atoms with Crippen molar-refractivity contribution in [2.75, 3.05) is 6.61 Å². The number of nitrogens with one attached hydrogen (secondary N) is 1. The molecule has 1 fully saturated rings. The molecule has 0 aromatic carbocycles. The highest BCUT2D eigenvalue weighted by Gasteiger charge is 2.37. The zero-order valence-corrected chi connectivity index (χ0v) is 9.63. The number of carbonyl (C=O) groups excluding carboxylic acids is 2. The maximum Gasteiger partial charge on any atom is 0.220 e. The SMILES string of the molecule is CC(=O)CCC(=O)NC1(C)CCOC1C. The summed E-state index contributed by atoms with van der Waals surface area (Å²) >= 11 is 0. The first kappa shape index (κ1) is 12.2. The van der Waals surface area contributed by atoms with Gasteiger partial charge in [0.25, 0.3) is 0 Å². The molecule has 0 aromatic rings. The van der Waals surface area contributed by atoms with Crippen molar-refractivity contribution < 1.29 is 14.3 Å². The van der Waals surface area contributed by atoms with Crippen LogP contribution in [-0.2, 0) is 14.3 Å². The van der Waals surface area contributed by atoms with Gasteiger partial charge in [0.15, 0.2) is 0 Å². The van der Waals surface area contributed by atoms with Crippen LogP contribution in [-0.4, -0.2) is 29.9 Å². The number of amides is 1. The number of hydrogen-bond acceptors (Lipinski definition) is 3. The fraction of sp³-hybridized carbons (Fsp3) is 0.818. The first-order chi connectivity index (χ1) is 6.94. The molecule has 1 saturated heterocycles. The molecule has 2 unspecified atom stereocenters. The minimum Gasteiger partial charge on any atom is -0.376 e. The van der Waals surface area contributed by atoms with Crippen molar-refractivity contribution in [3.05, 3.63) is 0 Å². The summed E-state index contributed by atoms with van der Waals surface area (Å²) in [7, 11) is 0. The Kier molecular flexibility index (Phi) is 3.85. The Bertz CT molecular complexity index is 265. The molecule has 1 aliphatic heterocycles. The highest BCUT2D eigenvalue weighted by atomic mass is 16.5. The van der Waals surface area contributed by atoms with Crippen molar-refractivity contribution in [2.24, 2.45) is 0 Å². The topological polar surface area (TPSA) is 55.4 Å². The van der Waals surface area contributed by atoms with Crippen molar-refractivity contribution in [1.29, 1.82) is 0 Å². The molecule has 0 radical (unpaired) electrons. The third kappa shape index (κ3) is 3.30. The lowest BCUT2D eigenvalue weighted by Gasteiger charge is -2.28. The van der Waals surface area contributed by atoms with Crippen LogP contribution in [0.1, 0.15) is 40.0 Å². The number of ketones is 1. The van der Waals surface area contributed by atoms with Gasteiger partial charge in [-0.2, -0.15) is 0 Å². The minimum absolute atomic E-state index is 0.0405. The molecule has 0 bridgehead atoms. The lowest BCUT2D eigenvalue weighted by molar-refractivity contribution is -0.126. The van der Waals surface area contributed by atoms with Crippen LogP contribution >= 0.6 is 0 Å². The monoisotopic (exact) mass is 213 g/mol. The summed E-state index contributed by atoms with van der Waals surface area (Å²) in [6, 6.07) is 0. The first-order valence-electron chi connectivity index (χ1n) is 5.36. The van der Waals surface area contributed by atoms with E-state index in [1.165, 1.54) is 6.92 Å².